The summed E-state index contributed by atoms with van der Waals surface area (Å²) >= 11 is 0. The lowest BCUT2D eigenvalue weighted by Crippen LogP contribution is -2.30. The third-order valence-corrected chi connectivity index (χ3v) is 5.29. The highest BCUT2D eigenvalue weighted by Crippen LogP contribution is 2.31. The molecule has 150 valence electrons. The molecule has 0 saturated carbocycles. The zero-order valence-corrected chi connectivity index (χ0v) is 16.7. The van der Waals surface area contributed by atoms with Gasteiger partial charge in [-0.25, -0.2) is 9.36 Å². The zero-order chi connectivity index (χ0) is 20.8. The number of fused-ring (bicyclic) bond motifs is 1. The average Bonchev–Trinajstić information content (AvgIpc) is 3.45. The van der Waals surface area contributed by atoms with E-state index >= 15 is 0 Å². The van der Waals surface area contributed by atoms with Crippen molar-refractivity contribution in [2.45, 2.75) is 20.0 Å². The Morgan fingerprint density at radius 1 is 1.00 bits per heavy atom. The average molecular weight is 400 g/mol. The summed E-state index contributed by atoms with van der Waals surface area (Å²) in [6.45, 7) is 2.88. The van der Waals surface area contributed by atoms with Crippen molar-refractivity contribution in [1.82, 2.24) is 29.0 Å². The Hall–Kier alpha value is -3.94. The molecular formula is C22H20N6O2. The third kappa shape index (κ3) is 2.93. The molecule has 4 aromatic rings. The van der Waals surface area contributed by atoms with E-state index in [0.29, 0.717) is 13.1 Å². The van der Waals surface area contributed by atoms with Crippen molar-refractivity contribution in [3.8, 4) is 11.5 Å². The molecule has 0 N–H and O–H groups in total. The number of hydrogen-bond donors (Lipinski definition) is 0. The van der Waals surface area contributed by atoms with Crippen molar-refractivity contribution in [3.05, 3.63) is 93.8 Å². The normalized spacial score (nSPS) is 12.9. The van der Waals surface area contributed by atoms with Crippen molar-refractivity contribution < 1.29 is 4.79 Å². The Morgan fingerprint density at radius 2 is 1.80 bits per heavy atom. The smallest absolute Gasteiger partial charge is 0.274 e. The van der Waals surface area contributed by atoms with Gasteiger partial charge in [0, 0.05) is 31.1 Å². The van der Waals surface area contributed by atoms with Crippen LogP contribution in [0.1, 0.15) is 27.3 Å². The van der Waals surface area contributed by atoms with Crippen LogP contribution >= 0.6 is 0 Å². The first-order chi connectivity index (χ1) is 14.5. The van der Waals surface area contributed by atoms with Gasteiger partial charge < -0.3 is 9.47 Å². The van der Waals surface area contributed by atoms with E-state index in [0.717, 1.165) is 28.3 Å². The first-order valence-corrected chi connectivity index (χ1v) is 9.66. The number of hydrogen-bond acceptors (Lipinski definition) is 4. The van der Waals surface area contributed by atoms with Crippen LogP contribution in [0.15, 0.2) is 65.7 Å². The van der Waals surface area contributed by atoms with E-state index in [1.54, 1.807) is 4.90 Å². The van der Waals surface area contributed by atoms with Gasteiger partial charge in [-0.05, 0) is 42.8 Å². The lowest BCUT2D eigenvalue weighted by molar-refractivity contribution is 0.0740. The fourth-order valence-electron chi connectivity index (χ4n) is 3.80. The Morgan fingerprint density at radius 3 is 2.53 bits per heavy atom. The van der Waals surface area contributed by atoms with Gasteiger partial charge in [0.15, 0.2) is 0 Å². The number of carbonyl (C=O) groups excluding carboxylic acids is 1. The monoisotopic (exact) mass is 400 g/mol. The molecule has 3 aromatic heterocycles. The maximum Gasteiger partial charge on any atom is 0.274 e. The molecule has 30 heavy (non-hydrogen) atoms. The molecular weight excluding hydrogens is 380 g/mol. The lowest BCUT2D eigenvalue weighted by Gasteiger charge is -2.17. The summed E-state index contributed by atoms with van der Waals surface area (Å²) in [7, 11) is 1.54. The van der Waals surface area contributed by atoms with Crippen LogP contribution < -0.4 is 5.56 Å². The molecule has 0 saturated heterocycles. The first-order valence-electron chi connectivity index (χ1n) is 9.66. The van der Waals surface area contributed by atoms with E-state index in [1.807, 2.05) is 45.9 Å². The Bertz CT molecular complexity index is 1320. The fraction of sp³-hybridized carbons (Fsp3) is 0.182. The number of amides is 1. The molecule has 8 nitrogen and oxygen atoms in total. The van der Waals surface area contributed by atoms with Crippen molar-refractivity contribution >= 4 is 5.91 Å². The predicted octanol–water partition coefficient (Wildman–Crippen LogP) is 2.22. The van der Waals surface area contributed by atoms with Gasteiger partial charge in [0.25, 0.3) is 11.5 Å². The van der Waals surface area contributed by atoms with Crippen LogP contribution in [0, 0.1) is 6.92 Å². The molecule has 0 bridgehead atoms. The lowest BCUT2D eigenvalue weighted by atomic mass is 10.2. The van der Waals surface area contributed by atoms with Gasteiger partial charge >= 0.3 is 0 Å². The van der Waals surface area contributed by atoms with Crippen LogP contribution in [-0.4, -0.2) is 34.9 Å². The molecule has 0 radical (unpaired) electrons. The summed E-state index contributed by atoms with van der Waals surface area (Å²) in [6, 6.07) is 14.9. The van der Waals surface area contributed by atoms with E-state index in [2.05, 4.69) is 24.2 Å². The van der Waals surface area contributed by atoms with Gasteiger partial charge in [-0.1, -0.05) is 12.1 Å². The van der Waals surface area contributed by atoms with Crippen LogP contribution in [0.4, 0.5) is 0 Å². The summed E-state index contributed by atoms with van der Waals surface area (Å²) in [4.78, 5) is 26.3. The van der Waals surface area contributed by atoms with Crippen LogP contribution in [0.3, 0.4) is 0 Å². The number of nitrogens with zero attached hydrogens (tertiary/aromatic N) is 6. The minimum atomic E-state index is -0.249. The summed E-state index contributed by atoms with van der Waals surface area (Å²) in [5.41, 5.74) is 3.99. The van der Waals surface area contributed by atoms with Gasteiger partial charge in [0.05, 0.1) is 24.5 Å². The minimum absolute atomic E-state index is 0.218. The highest BCUT2D eigenvalue weighted by Gasteiger charge is 2.32. The summed E-state index contributed by atoms with van der Waals surface area (Å²) in [6.07, 6.45) is 3.95. The largest absolute Gasteiger partial charge is 0.327 e. The summed E-state index contributed by atoms with van der Waals surface area (Å²) in [5, 5.41) is 8.94. The molecule has 0 atom stereocenters. The quantitative estimate of drug-likeness (QED) is 0.528. The summed E-state index contributed by atoms with van der Waals surface area (Å²) in [5.74, 6) is 0.702. The fourth-order valence-corrected chi connectivity index (χ4v) is 3.80. The van der Waals surface area contributed by atoms with Crippen LogP contribution in [0.2, 0.25) is 0 Å². The molecule has 8 heteroatoms. The number of aryl methyl sites for hydroxylation is 2. The molecule has 4 heterocycles. The molecule has 5 rings (SSSR count). The third-order valence-electron chi connectivity index (χ3n) is 5.29. The maximum atomic E-state index is 13.0. The van der Waals surface area contributed by atoms with Crippen LogP contribution in [0.25, 0.3) is 11.5 Å². The second-order valence-electron chi connectivity index (χ2n) is 7.43. The van der Waals surface area contributed by atoms with Crippen LogP contribution in [0.5, 0.6) is 0 Å². The SMILES string of the molecule is Cc1cccc(-n2nc3c(c2-n2cccc2)CN(C(=O)c2ccc(=O)n(C)n2)C3)c1. The predicted molar refractivity (Wildman–Crippen MR) is 111 cm³/mol. The molecule has 0 spiro atoms. The summed E-state index contributed by atoms with van der Waals surface area (Å²) < 4.78 is 5.13. The zero-order valence-electron chi connectivity index (χ0n) is 16.7. The molecule has 1 aliphatic rings. The van der Waals surface area contributed by atoms with Gasteiger partial charge in [-0.15, -0.1) is 0 Å². The standard InChI is InChI=1S/C22H20N6O2/c1-15-6-5-7-16(12-15)28-21(26-10-3-4-11-26)17-13-27(14-19(17)24-28)22(30)18-8-9-20(29)25(2)23-18/h3-12H,13-14H2,1-2H3. The van der Waals surface area contributed by atoms with Gasteiger partial charge in [-0.2, -0.15) is 10.2 Å². The van der Waals surface area contributed by atoms with Crippen molar-refractivity contribution in [1.29, 1.82) is 0 Å². The molecule has 0 unspecified atom stereocenters. The molecule has 1 amide bonds. The van der Waals surface area contributed by atoms with Gasteiger partial charge in [0.1, 0.15) is 11.5 Å². The van der Waals surface area contributed by atoms with Crippen molar-refractivity contribution in [2.24, 2.45) is 7.05 Å². The highest BCUT2D eigenvalue weighted by atomic mass is 16.2. The van der Waals surface area contributed by atoms with E-state index in [-0.39, 0.29) is 17.2 Å². The van der Waals surface area contributed by atoms with Gasteiger partial charge in [-0.3, -0.25) is 9.59 Å². The first kappa shape index (κ1) is 18.1. The second-order valence-corrected chi connectivity index (χ2v) is 7.43. The molecule has 1 aliphatic heterocycles. The number of benzene rings is 1. The minimum Gasteiger partial charge on any atom is -0.327 e. The van der Waals surface area contributed by atoms with Crippen molar-refractivity contribution in [3.63, 3.8) is 0 Å². The van der Waals surface area contributed by atoms with E-state index in [4.69, 9.17) is 5.10 Å². The number of aromatic nitrogens is 5. The second kappa shape index (κ2) is 6.84. The Kier molecular flexibility index (Phi) is 4.13. The van der Waals surface area contributed by atoms with Gasteiger partial charge in [0.2, 0.25) is 0 Å². The van der Waals surface area contributed by atoms with Crippen molar-refractivity contribution in [2.75, 3.05) is 0 Å². The maximum absolute atomic E-state index is 13.0. The highest BCUT2D eigenvalue weighted by molar-refractivity contribution is 5.92. The van der Waals surface area contributed by atoms with Crippen LogP contribution in [-0.2, 0) is 20.1 Å². The topological polar surface area (TPSA) is 78.0 Å². The Balaban J connectivity index is 1.54. The van der Waals surface area contributed by atoms with E-state index in [1.165, 1.54) is 23.9 Å². The van der Waals surface area contributed by atoms with E-state index < -0.39 is 0 Å². The molecule has 0 fully saturated rings. The molecule has 1 aromatic carbocycles. The Labute approximate surface area is 172 Å². The molecule has 0 aliphatic carbocycles. The van der Waals surface area contributed by atoms with E-state index in [9.17, 15) is 9.59 Å². The number of rotatable bonds is 3. The number of carbonyl (C=O) groups is 1.